The summed E-state index contributed by atoms with van der Waals surface area (Å²) in [4.78, 5) is 0. The molecule has 1 aromatic heterocycles. The highest BCUT2D eigenvalue weighted by molar-refractivity contribution is 5.09. The lowest BCUT2D eigenvalue weighted by molar-refractivity contribution is 0.525. The van der Waals surface area contributed by atoms with Crippen LogP contribution in [0.5, 0.6) is 0 Å². The zero-order valence-corrected chi connectivity index (χ0v) is 9.67. The molecule has 0 aromatic carbocycles. The summed E-state index contributed by atoms with van der Waals surface area (Å²) < 4.78 is 1.97. The van der Waals surface area contributed by atoms with Gasteiger partial charge in [0.05, 0.1) is 5.69 Å². The first-order valence-electron chi connectivity index (χ1n) is 5.36. The fraction of sp³-hybridized carbons (Fsp3) is 0.727. The third-order valence-electron chi connectivity index (χ3n) is 2.36. The van der Waals surface area contributed by atoms with E-state index in [0.29, 0.717) is 6.04 Å². The summed E-state index contributed by atoms with van der Waals surface area (Å²) in [5, 5.41) is 7.81. The fourth-order valence-electron chi connectivity index (χ4n) is 1.63. The summed E-state index contributed by atoms with van der Waals surface area (Å²) in [5.74, 6) is 0. The molecule has 3 nitrogen and oxygen atoms in total. The van der Waals surface area contributed by atoms with E-state index in [1.165, 1.54) is 12.1 Å². The first-order valence-corrected chi connectivity index (χ1v) is 5.36. The Morgan fingerprint density at radius 1 is 1.57 bits per heavy atom. The van der Waals surface area contributed by atoms with Crippen molar-refractivity contribution >= 4 is 0 Å². The summed E-state index contributed by atoms with van der Waals surface area (Å²) >= 11 is 0. The van der Waals surface area contributed by atoms with E-state index in [-0.39, 0.29) is 0 Å². The van der Waals surface area contributed by atoms with Crippen LogP contribution in [0.15, 0.2) is 6.07 Å². The number of nitrogens with zero attached hydrogens (tertiary/aromatic N) is 2. The van der Waals surface area contributed by atoms with Crippen LogP contribution in [0.3, 0.4) is 0 Å². The first-order chi connectivity index (χ1) is 6.63. The van der Waals surface area contributed by atoms with Gasteiger partial charge in [-0.25, -0.2) is 0 Å². The van der Waals surface area contributed by atoms with E-state index in [1.807, 2.05) is 18.7 Å². The Hall–Kier alpha value is -0.830. The van der Waals surface area contributed by atoms with E-state index in [0.717, 1.165) is 18.7 Å². The van der Waals surface area contributed by atoms with E-state index in [2.05, 4.69) is 30.3 Å². The Labute approximate surface area is 86.5 Å². The number of aromatic nitrogens is 2. The van der Waals surface area contributed by atoms with Gasteiger partial charge in [-0.15, -0.1) is 0 Å². The molecule has 0 aliphatic heterocycles. The molecule has 0 amide bonds. The topological polar surface area (TPSA) is 29.9 Å². The van der Waals surface area contributed by atoms with Gasteiger partial charge in [-0.2, -0.15) is 5.10 Å². The maximum Gasteiger partial charge on any atom is 0.0596 e. The Morgan fingerprint density at radius 3 is 2.79 bits per heavy atom. The minimum Gasteiger partial charge on any atom is -0.314 e. The number of hydrogen-bond acceptors (Lipinski definition) is 2. The van der Waals surface area contributed by atoms with Crippen molar-refractivity contribution in [2.45, 2.75) is 39.7 Å². The largest absolute Gasteiger partial charge is 0.314 e. The van der Waals surface area contributed by atoms with Crippen molar-refractivity contribution in [2.24, 2.45) is 7.05 Å². The van der Waals surface area contributed by atoms with Gasteiger partial charge in [0.2, 0.25) is 0 Å². The molecule has 1 heterocycles. The summed E-state index contributed by atoms with van der Waals surface area (Å²) in [7, 11) is 2.01. The number of hydrogen-bond donors (Lipinski definition) is 1. The predicted octanol–water partition coefficient (Wildman–Crippen LogP) is 1.66. The molecule has 80 valence electrons. The Kier molecular flexibility index (Phi) is 4.14. The van der Waals surface area contributed by atoms with Gasteiger partial charge in [0, 0.05) is 25.2 Å². The van der Waals surface area contributed by atoms with Crippen LogP contribution >= 0.6 is 0 Å². The smallest absolute Gasteiger partial charge is 0.0596 e. The normalized spacial score (nSPS) is 13.1. The third kappa shape index (κ3) is 3.14. The molecule has 0 saturated heterocycles. The van der Waals surface area contributed by atoms with Crippen LogP contribution in [0.2, 0.25) is 0 Å². The van der Waals surface area contributed by atoms with Gasteiger partial charge >= 0.3 is 0 Å². The highest BCUT2D eigenvalue weighted by Crippen LogP contribution is 2.04. The molecule has 1 aromatic rings. The molecular weight excluding hydrogens is 174 g/mol. The molecular formula is C11H21N3. The standard InChI is InChI=1S/C11H21N3/c1-5-6-12-9(2)7-11-8-10(3)13-14(11)4/h8-9,12H,5-7H2,1-4H3. The second-order valence-electron chi connectivity index (χ2n) is 3.96. The lowest BCUT2D eigenvalue weighted by Gasteiger charge is -2.12. The second kappa shape index (κ2) is 5.15. The summed E-state index contributed by atoms with van der Waals surface area (Å²) in [6.45, 7) is 7.54. The highest BCUT2D eigenvalue weighted by Gasteiger charge is 2.06. The molecule has 1 rings (SSSR count). The molecule has 14 heavy (non-hydrogen) atoms. The highest BCUT2D eigenvalue weighted by atomic mass is 15.3. The number of aryl methyl sites for hydroxylation is 2. The van der Waals surface area contributed by atoms with Gasteiger partial charge in [0.1, 0.15) is 0 Å². The molecule has 0 radical (unpaired) electrons. The van der Waals surface area contributed by atoms with Crippen molar-refractivity contribution in [3.63, 3.8) is 0 Å². The van der Waals surface area contributed by atoms with Gasteiger partial charge in [-0.05, 0) is 32.9 Å². The number of rotatable bonds is 5. The van der Waals surface area contributed by atoms with E-state index < -0.39 is 0 Å². The van der Waals surface area contributed by atoms with Crippen molar-refractivity contribution in [2.75, 3.05) is 6.54 Å². The van der Waals surface area contributed by atoms with Crippen molar-refractivity contribution in [1.82, 2.24) is 15.1 Å². The molecule has 1 atom stereocenters. The third-order valence-corrected chi connectivity index (χ3v) is 2.36. The quantitative estimate of drug-likeness (QED) is 0.774. The summed E-state index contributed by atoms with van der Waals surface area (Å²) in [5.41, 5.74) is 2.41. The average molecular weight is 195 g/mol. The van der Waals surface area contributed by atoms with Gasteiger partial charge in [0.15, 0.2) is 0 Å². The maximum absolute atomic E-state index is 4.33. The van der Waals surface area contributed by atoms with E-state index in [1.54, 1.807) is 0 Å². The lowest BCUT2D eigenvalue weighted by Crippen LogP contribution is -2.29. The molecule has 0 spiro atoms. The van der Waals surface area contributed by atoms with Crippen molar-refractivity contribution in [3.05, 3.63) is 17.5 Å². The number of nitrogens with one attached hydrogen (secondary N) is 1. The zero-order valence-electron chi connectivity index (χ0n) is 9.67. The monoisotopic (exact) mass is 195 g/mol. The van der Waals surface area contributed by atoms with Crippen LogP contribution in [-0.2, 0) is 13.5 Å². The average Bonchev–Trinajstić information content (AvgIpc) is 2.42. The molecule has 0 bridgehead atoms. The minimum atomic E-state index is 0.532. The van der Waals surface area contributed by atoms with Crippen LogP contribution in [0.25, 0.3) is 0 Å². The van der Waals surface area contributed by atoms with Crippen LogP contribution in [-0.4, -0.2) is 22.4 Å². The Balaban J connectivity index is 2.47. The summed E-state index contributed by atoms with van der Waals surface area (Å²) in [6, 6.07) is 2.69. The van der Waals surface area contributed by atoms with Crippen LogP contribution in [0.1, 0.15) is 31.7 Å². The van der Waals surface area contributed by atoms with Crippen LogP contribution < -0.4 is 5.32 Å². The van der Waals surface area contributed by atoms with Crippen LogP contribution in [0, 0.1) is 6.92 Å². The van der Waals surface area contributed by atoms with E-state index in [4.69, 9.17) is 0 Å². The molecule has 0 fully saturated rings. The lowest BCUT2D eigenvalue weighted by atomic mass is 10.1. The van der Waals surface area contributed by atoms with Crippen molar-refractivity contribution < 1.29 is 0 Å². The Bertz CT molecular complexity index is 278. The second-order valence-corrected chi connectivity index (χ2v) is 3.96. The minimum absolute atomic E-state index is 0.532. The SMILES string of the molecule is CCCNC(C)Cc1cc(C)nn1C. The predicted molar refractivity (Wildman–Crippen MR) is 59.4 cm³/mol. The summed E-state index contributed by atoms with van der Waals surface area (Å²) in [6.07, 6.45) is 2.24. The molecule has 0 aliphatic rings. The zero-order chi connectivity index (χ0) is 10.6. The van der Waals surface area contributed by atoms with Crippen molar-refractivity contribution in [1.29, 1.82) is 0 Å². The van der Waals surface area contributed by atoms with E-state index in [9.17, 15) is 0 Å². The van der Waals surface area contributed by atoms with Gasteiger partial charge in [-0.3, -0.25) is 4.68 Å². The molecule has 0 aliphatic carbocycles. The van der Waals surface area contributed by atoms with Gasteiger partial charge in [0.25, 0.3) is 0 Å². The molecule has 0 saturated carbocycles. The first kappa shape index (κ1) is 11.2. The fourth-order valence-corrected chi connectivity index (χ4v) is 1.63. The van der Waals surface area contributed by atoms with Gasteiger partial charge < -0.3 is 5.32 Å². The maximum atomic E-state index is 4.33. The van der Waals surface area contributed by atoms with E-state index >= 15 is 0 Å². The Morgan fingerprint density at radius 2 is 2.29 bits per heavy atom. The van der Waals surface area contributed by atoms with Crippen molar-refractivity contribution in [3.8, 4) is 0 Å². The molecule has 1 unspecified atom stereocenters. The molecule has 3 heteroatoms. The molecule has 1 N–H and O–H groups in total. The van der Waals surface area contributed by atoms with Crippen LogP contribution in [0.4, 0.5) is 0 Å². The van der Waals surface area contributed by atoms with Gasteiger partial charge in [-0.1, -0.05) is 6.92 Å².